The van der Waals surface area contributed by atoms with Crippen molar-refractivity contribution < 1.29 is 0 Å². The molecule has 0 aromatic carbocycles. The van der Waals surface area contributed by atoms with Crippen molar-refractivity contribution in [2.45, 2.75) is 33.7 Å². The third-order valence-electron chi connectivity index (χ3n) is 2.18. The minimum Gasteiger partial charge on any atom is -0.382 e. The lowest BCUT2D eigenvalue weighted by atomic mass is 10.2. The van der Waals surface area contributed by atoms with Gasteiger partial charge in [0.05, 0.1) is 11.9 Å². The molecular formula is C12H23N3S. The molecule has 0 unspecified atom stereocenters. The van der Waals surface area contributed by atoms with Crippen molar-refractivity contribution in [3.05, 3.63) is 12.4 Å². The molecule has 4 heteroatoms. The number of hydrogen-bond acceptors (Lipinski definition) is 3. The summed E-state index contributed by atoms with van der Waals surface area (Å²) in [5, 5.41) is 7.72. The van der Waals surface area contributed by atoms with Crippen molar-refractivity contribution in [3.63, 3.8) is 0 Å². The van der Waals surface area contributed by atoms with E-state index in [1.807, 2.05) is 22.6 Å². The van der Waals surface area contributed by atoms with Crippen LogP contribution in [0.25, 0.3) is 0 Å². The van der Waals surface area contributed by atoms with E-state index in [-0.39, 0.29) is 0 Å². The van der Waals surface area contributed by atoms with Crippen LogP contribution in [0.15, 0.2) is 12.4 Å². The fourth-order valence-corrected chi connectivity index (χ4v) is 2.12. The minimum absolute atomic E-state index is 0.647. The second-order valence-electron chi connectivity index (χ2n) is 4.32. The first-order valence-corrected chi connectivity index (χ1v) is 7.22. The van der Waals surface area contributed by atoms with Crippen LogP contribution in [0.3, 0.4) is 0 Å². The van der Waals surface area contributed by atoms with Gasteiger partial charge in [-0.3, -0.25) is 4.68 Å². The third kappa shape index (κ3) is 5.45. The average Bonchev–Trinajstić information content (AvgIpc) is 2.64. The fourth-order valence-electron chi connectivity index (χ4n) is 1.48. The number of thioether (sulfide) groups is 1. The topological polar surface area (TPSA) is 29.9 Å². The second kappa shape index (κ2) is 7.60. The van der Waals surface area contributed by atoms with E-state index in [1.165, 1.54) is 17.9 Å². The van der Waals surface area contributed by atoms with Gasteiger partial charge < -0.3 is 5.32 Å². The van der Waals surface area contributed by atoms with E-state index in [0.717, 1.165) is 18.8 Å². The van der Waals surface area contributed by atoms with Crippen molar-refractivity contribution in [3.8, 4) is 0 Å². The molecule has 0 amide bonds. The molecule has 0 saturated carbocycles. The van der Waals surface area contributed by atoms with Gasteiger partial charge in [-0.15, -0.1) is 0 Å². The Balaban J connectivity index is 2.19. The summed E-state index contributed by atoms with van der Waals surface area (Å²) in [6.45, 7) is 8.65. The van der Waals surface area contributed by atoms with E-state index in [9.17, 15) is 0 Å². The van der Waals surface area contributed by atoms with Gasteiger partial charge in [0, 0.05) is 19.3 Å². The van der Waals surface area contributed by atoms with Crippen LogP contribution < -0.4 is 5.32 Å². The van der Waals surface area contributed by atoms with E-state index in [1.54, 1.807) is 0 Å². The van der Waals surface area contributed by atoms with E-state index < -0.39 is 0 Å². The maximum atomic E-state index is 4.32. The predicted octanol–water partition coefficient (Wildman–Crippen LogP) is 3.09. The Bertz CT molecular complexity index is 284. The Hall–Kier alpha value is -0.640. The molecule has 1 aromatic heterocycles. The van der Waals surface area contributed by atoms with Crippen LogP contribution in [-0.2, 0) is 6.54 Å². The molecule has 1 aromatic rings. The molecule has 0 aliphatic carbocycles. The molecule has 0 atom stereocenters. The van der Waals surface area contributed by atoms with Crippen LogP contribution in [0.4, 0.5) is 5.69 Å². The lowest BCUT2D eigenvalue weighted by Gasteiger charge is -2.04. The molecule has 1 rings (SSSR count). The lowest BCUT2D eigenvalue weighted by Crippen LogP contribution is -2.05. The Morgan fingerprint density at radius 1 is 1.50 bits per heavy atom. The van der Waals surface area contributed by atoms with Crippen LogP contribution >= 0.6 is 11.8 Å². The molecule has 0 fully saturated rings. The fraction of sp³-hybridized carbons (Fsp3) is 0.750. The van der Waals surface area contributed by atoms with Crippen LogP contribution in [0, 0.1) is 5.92 Å². The molecule has 0 radical (unpaired) electrons. The molecule has 0 aliphatic rings. The molecule has 16 heavy (non-hydrogen) atoms. The molecule has 0 spiro atoms. The number of hydrogen-bond donors (Lipinski definition) is 1. The van der Waals surface area contributed by atoms with Gasteiger partial charge in [-0.05, 0) is 23.8 Å². The van der Waals surface area contributed by atoms with Crippen LogP contribution in [0.2, 0.25) is 0 Å². The summed E-state index contributed by atoms with van der Waals surface area (Å²) in [7, 11) is 0. The van der Waals surface area contributed by atoms with Gasteiger partial charge in [0.2, 0.25) is 0 Å². The van der Waals surface area contributed by atoms with Crippen LogP contribution in [0.5, 0.6) is 0 Å². The molecule has 92 valence electrons. The highest BCUT2D eigenvalue weighted by Crippen LogP contribution is 2.08. The Labute approximate surface area is 103 Å². The first-order valence-electron chi connectivity index (χ1n) is 6.06. The number of anilines is 1. The van der Waals surface area contributed by atoms with Crippen molar-refractivity contribution >= 4 is 17.4 Å². The van der Waals surface area contributed by atoms with Crippen molar-refractivity contribution in [1.82, 2.24) is 9.78 Å². The highest BCUT2D eigenvalue weighted by molar-refractivity contribution is 7.99. The Morgan fingerprint density at radius 2 is 2.31 bits per heavy atom. The Morgan fingerprint density at radius 3 is 3.00 bits per heavy atom. The monoisotopic (exact) mass is 241 g/mol. The zero-order chi connectivity index (χ0) is 11.8. The molecule has 1 N–H and O–H groups in total. The van der Waals surface area contributed by atoms with E-state index in [0.29, 0.717) is 5.92 Å². The van der Waals surface area contributed by atoms with E-state index >= 15 is 0 Å². The van der Waals surface area contributed by atoms with Crippen LogP contribution in [-0.4, -0.2) is 27.8 Å². The zero-order valence-corrected chi connectivity index (χ0v) is 11.4. The first-order chi connectivity index (χ1) is 7.72. The maximum absolute atomic E-state index is 4.32. The zero-order valence-electron chi connectivity index (χ0n) is 10.6. The van der Waals surface area contributed by atoms with Gasteiger partial charge >= 0.3 is 0 Å². The molecule has 0 saturated heterocycles. The van der Waals surface area contributed by atoms with Crippen molar-refractivity contribution in [1.29, 1.82) is 0 Å². The summed E-state index contributed by atoms with van der Waals surface area (Å²) >= 11 is 2.00. The summed E-state index contributed by atoms with van der Waals surface area (Å²) in [4.78, 5) is 0. The summed E-state index contributed by atoms with van der Waals surface area (Å²) in [6.07, 6.45) is 5.22. The van der Waals surface area contributed by atoms with Gasteiger partial charge in [0.1, 0.15) is 0 Å². The summed E-state index contributed by atoms with van der Waals surface area (Å²) in [6, 6.07) is 0. The van der Waals surface area contributed by atoms with Gasteiger partial charge in [-0.2, -0.15) is 16.9 Å². The van der Waals surface area contributed by atoms with Gasteiger partial charge in [0.15, 0.2) is 0 Å². The second-order valence-corrected chi connectivity index (χ2v) is 5.72. The first kappa shape index (κ1) is 13.4. The quantitative estimate of drug-likeness (QED) is 0.709. The lowest BCUT2D eigenvalue weighted by molar-refractivity contribution is 0.483. The number of nitrogens with zero attached hydrogens (tertiary/aromatic N) is 2. The SMILES string of the molecule is CCSCCCNc1cnn(CC(C)C)c1. The van der Waals surface area contributed by atoms with Gasteiger partial charge in [-0.25, -0.2) is 0 Å². The number of rotatable bonds is 8. The Kier molecular flexibility index (Phi) is 6.38. The molecular weight excluding hydrogens is 218 g/mol. The third-order valence-corrected chi connectivity index (χ3v) is 3.17. The van der Waals surface area contributed by atoms with Gasteiger partial charge in [-0.1, -0.05) is 20.8 Å². The molecule has 1 heterocycles. The summed E-state index contributed by atoms with van der Waals surface area (Å²) in [5.74, 6) is 3.10. The minimum atomic E-state index is 0.647. The summed E-state index contributed by atoms with van der Waals surface area (Å²) in [5.41, 5.74) is 1.14. The predicted molar refractivity (Wildman–Crippen MR) is 73.2 cm³/mol. The standard InChI is InChI=1S/C12H23N3S/c1-4-16-7-5-6-13-12-8-14-15(10-12)9-11(2)3/h8,10-11,13H,4-7,9H2,1-3H3. The smallest absolute Gasteiger partial charge is 0.0726 e. The maximum Gasteiger partial charge on any atom is 0.0726 e. The number of nitrogens with one attached hydrogen (secondary N) is 1. The summed E-state index contributed by atoms with van der Waals surface area (Å²) < 4.78 is 2.01. The molecule has 3 nitrogen and oxygen atoms in total. The number of aromatic nitrogens is 2. The van der Waals surface area contributed by atoms with Gasteiger partial charge in [0.25, 0.3) is 0 Å². The molecule has 0 aliphatic heterocycles. The van der Waals surface area contributed by atoms with Crippen molar-refractivity contribution in [2.24, 2.45) is 5.92 Å². The van der Waals surface area contributed by atoms with E-state index in [4.69, 9.17) is 0 Å². The highest BCUT2D eigenvalue weighted by Gasteiger charge is 1.99. The van der Waals surface area contributed by atoms with Crippen molar-refractivity contribution in [2.75, 3.05) is 23.4 Å². The normalized spacial score (nSPS) is 11.0. The average molecular weight is 241 g/mol. The molecule has 0 bridgehead atoms. The largest absolute Gasteiger partial charge is 0.382 e. The highest BCUT2D eigenvalue weighted by atomic mass is 32.2. The van der Waals surface area contributed by atoms with E-state index in [2.05, 4.69) is 37.4 Å². The van der Waals surface area contributed by atoms with Crippen LogP contribution in [0.1, 0.15) is 27.2 Å².